The van der Waals surface area contributed by atoms with Crippen molar-refractivity contribution >= 4 is 11.6 Å². The van der Waals surface area contributed by atoms with E-state index in [2.05, 4.69) is 48.3 Å². The molecular formula is C20H26N2O2. The summed E-state index contributed by atoms with van der Waals surface area (Å²) in [6.45, 7) is 6.57. The fourth-order valence-electron chi connectivity index (χ4n) is 2.62. The van der Waals surface area contributed by atoms with Gasteiger partial charge in [-0.25, -0.2) is 0 Å². The van der Waals surface area contributed by atoms with Crippen LogP contribution in [0, 0.1) is 6.92 Å². The Morgan fingerprint density at radius 2 is 1.92 bits per heavy atom. The third-order valence-electron chi connectivity index (χ3n) is 3.98. The van der Waals surface area contributed by atoms with Crippen LogP contribution in [0.1, 0.15) is 18.1 Å². The number of methoxy groups -OCH3 is 1. The van der Waals surface area contributed by atoms with Gasteiger partial charge in [0.05, 0.1) is 13.5 Å². The summed E-state index contributed by atoms with van der Waals surface area (Å²) in [4.78, 5) is 14.3. The second-order valence-corrected chi connectivity index (χ2v) is 5.79. The van der Waals surface area contributed by atoms with Crippen LogP contribution in [0.15, 0.2) is 48.5 Å². The number of benzene rings is 2. The molecule has 0 aliphatic heterocycles. The van der Waals surface area contributed by atoms with Crippen molar-refractivity contribution in [3.05, 3.63) is 59.7 Å². The summed E-state index contributed by atoms with van der Waals surface area (Å²) in [5.74, 6) is 0.844. The first-order valence-corrected chi connectivity index (χ1v) is 8.33. The number of nitrogens with one attached hydrogen (secondary N) is 1. The number of hydrogen-bond donors (Lipinski definition) is 1. The van der Waals surface area contributed by atoms with Crippen LogP contribution in [0.5, 0.6) is 5.75 Å². The van der Waals surface area contributed by atoms with Gasteiger partial charge in [-0.1, -0.05) is 24.3 Å². The molecule has 1 N–H and O–H groups in total. The van der Waals surface area contributed by atoms with Crippen molar-refractivity contribution in [3.63, 3.8) is 0 Å². The maximum absolute atomic E-state index is 12.1. The molecule has 2 aromatic carbocycles. The zero-order valence-electron chi connectivity index (χ0n) is 14.7. The summed E-state index contributed by atoms with van der Waals surface area (Å²) < 4.78 is 5.12. The van der Waals surface area contributed by atoms with Gasteiger partial charge < -0.3 is 15.0 Å². The van der Waals surface area contributed by atoms with E-state index in [1.165, 1.54) is 11.3 Å². The summed E-state index contributed by atoms with van der Waals surface area (Å²) in [5, 5.41) is 3.00. The monoisotopic (exact) mass is 326 g/mol. The highest BCUT2D eigenvalue weighted by molar-refractivity contribution is 5.78. The first-order chi connectivity index (χ1) is 11.6. The molecule has 0 fully saturated rings. The van der Waals surface area contributed by atoms with Gasteiger partial charge in [0, 0.05) is 25.3 Å². The van der Waals surface area contributed by atoms with Crippen molar-refractivity contribution in [2.45, 2.75) is 20.3 Å². The Kier molecular flexibility index (Phi) is 6.67. The number of carbonyl (C=O) groups excluding carboxylic acids is 1. The number of hydrogen-bond acceptors (Lipinski definition) is 3. The first kappa shape index (κ1) is 17.9. The molecule has 24 heavy (non-hydrogen) atoms. The quantitative estimate of drug-likeness (QED) is 0.810. The summed E-state index contributed by atoms with van der Waals surface area (Å²) in [6.07, 6.45) is 0.389. The lowest BCUT2D eigenvalue weighted by atomic mass is 10.1. The van der Waals surface area contributed by atoms with Crippen molar-refractivity contribution in [2.75, 3.05) is 31.6 Å². The molecular weight excluding hydrogens is 300 g/mol. The number of anilines is 1. The maximum Gasteiger partial charge on any atom is 0.224 e. The van der Waals surface area contributed by atoms with Crippen LogP contribution in [0.4, 0.5) is 5.69 Å². The highest BCUT2D eigenvalue weighted by Gasteiger charge is 2.07. The molecule has 128 valence electrons. The first-order valence-electron chi connectivity index (χ1n) is 8.33. The number of ether oxygens (including phenoxy) is 1. The molecule has 2 rings (SSSR count). The standard InChI is InChI=1S/C20H26N2O2/c1-4-22(18-7-5-6-16(2)14-18)13-12-21-20(23)15-17-8-10-19(24-3)11-9-17/h5-11,14H,4,12-13,15H2,1-3H3,(H,21,23). The van der Waals surface area contributed by atoms with Gasteiger partial charge in [0.25, 0.3) is 0 Å². The average molecular weight is 326 g/mol. The third-order valence-corrected chi connectivity index (χ3v) is 3.98. The van der Waals surface area contributed by atoms with Gasteiger partial charge in [-0.2, -0.15) is 0 Å². The summed E-state index contributed by atoms with van der Waals surface area (Å²) in [5.41, 5.74) is 3.43. The number of likely N-dealkylation sites (N-methyl/N-ethyl adjacent to an activating group) is 1. The Bertz CT molecular complexity index is 653. The van der Waals surface area contributed by atoms with Crippen molar-refractivity contribution < 1.29 is 9.53 Å². The van der Waals surface area contributed by atoms with Crippen molar-refractivity contribution in [3.8, 4) is 5.75 Å². The summed E-state index contributed by atoms with van der Waals surface area (Å²) >= 11 is 0. The molecule has 0 heterocycles. The van der Waals surface area contributed by atoms with Crippen LogP contribution in [0.25, 0.3) is 0 Å². The molecule has 0 atom stereocenters. The predicted octanol–water partition coefficient (Wildman–Crippen LogP) is 3.19. The lowest BCUT2D eigenvalue weighted by molar-refractivity contribution is -0.120. The second kappa shape index (κ2) is 8.96. The van der Waals surface area contributed by atoms with Crippen LogP contribution in [0.2, 0.25) is 0 Å². The van der Waals surface area contributed by atoms with Crippen LogP contribution >= 0.6 is 0 Å². The Labute approximate surface area is 144 Å². The molecule has 0 radical (unpaired) electrons. The number of amides is 1. The van der Waals surface area contributed by atoms with Gasteiger partial charge in [-0.3, -0.25) is 4.79 Å². The Hall–Kier alpha value is -2.49. The van der Waals surface area contributed by atoms with Gasteiger partial charge >= 0.3 is 0 Å². The average Bonchev–Trinajstić information content (AvgIpc) is 2.59. The Balaban J connectivity index is 1.80. The lowest BCUT2D eigenvalue weighted by Gasteiger charge is -2.23. The fraction of sp³-hybridized carbons (Fsp3) is 0.350. The number of nitrogens with zero attached hydrogens (tertiary/aromatic N) is 1. The molecule has 0 saturated carbocycles. The van der Waals surface area contributed by atoms with Crippen LogP contribution in [0.3, 0.4) is 0 Å². The largest absolute Gasteiger partial charge is 0.497 e. The molecule has 0 aliphatic rings. The minimum absolute atomic E-state index is 0.0421. The van der Waals surface area contributed by atoms with Crippen LogP contribution in [-0.2, 0) is 11.2 Å². The normalized spacial score (nSPS) is 10.3. The SMILES string of the molecule is CCN(CCNC(=O)Cc1ccc(OC)cc1)c1cccc(C)c1. The van der Waals surface area contributed by atoms with E-state index >= 15 is 0 Å². The summed E-state index contributed by atoms with van der Waals surface area (Å²) in [7, 11) is 1.63. The smallest absolute Gasteiger partial charge is 0.224 e. The Morgan fingerprint density at radius 3 is 2.54 bits per heavy atom. The van der Waals surface area contributed by atoms with E-state index in [9.17, 15) is 4.79 Å². The van der Waals surface area contributed by atoms with E-state index in [4.69, 9.17) is 4.74 Å². The molecule has 4 nitrogen and oxygen atoms in total. The number of aryl methyl sites for hydroxylation is 1. The van der Waals surface area contributed by atoms with Crippen LogP contribution in [-0.4, -0.2) is 32.7 Å². The van der Waals surface area contributed by atoms with Gasteiger partial charge in [0.1, 0.15) is 5.75 Å². The molecule has 0 unspecified atom stereocenters. The van der Waals surface area contributed by atoms with Gasteiger partial charge in [0.15, 0.2) is 0 Å². The van der Waals surface area contributed by atoms with E-state index in [0.717, 1.165) is 24.4 Å². The maximum atomic E-state index is 12.1. The zero-order valence-corrected chi connectivity index (χ0v) is 14.7. The fourth-order valence-corrected chi connectivity index (χ4v) is 2.62. The van der Waals surface area contributed by atoms with Crippen molar-refractivity contribution in [1.82, 2.24) is 5.32 Å². The van der Waals surface area contributed by atoms with Gasteiger partial charge in [0.2, 0.25) is 5.91 Å². The van der Waals surface area contributed by atoms with E-state index < -0.39 is 0 Å². The zero-order chi connectivity index (χ0) is 17.4. The molecule has 4 heteroatoms. The highest BCUT2D eigenvalue weighted by Crippen LogP contribution is 2.15. The molecule has 2 aromatic rings. The lowest BCUT2D eigenvalue weighted by Crippen LogP contribution is -2.35. The molecule has 0 spiro atoms. The number of carbonyl (C=O) groups is 1. The van der Waals surface area contributed by atoms with E-state index in [1.807, 2.05) is 24.3 Å². The van der Waals surface area contributed by atoms with Gasteiger partial charge in [-0.05, 0) is 49.2 Å². The topological polar surface area (TPSA) is 41.6 Å². The predicted molar refractivity (Wildman–Crippen MR) is 98.8 cm³/mol. The minimum atomic E-state index is 0.0421. The molecule has 0 bridgehead atoms. The molecule has 0 aliphatic carbocycles. The van der Waals surface area contributed by atoms with Crippen molar-refractivity contribution in [2.24, 2.45) is 0 Å². The van der Waals surface area contributed by atoms with E-state index in [1.54, 1.807) is 7.11 Å². The summed E-state index contributed by atoms with van der Waals surface area (Å²) in [6, 6.07) is 16.0. The van der Waals surface area contributed by atoms with Crippen molar-refractivity contribution in [1.29, 1.82) is 0 Å². The third kappa shape index (κ3) is 5.30. The van der Waals surface area contributed by atoms with Crippen LogP contribution < -0.4 is 15.0 Å². The van der Waals surface area contributed by atoms with Gasteiger partial charge in [-0.15, -0.1) is 0 Å². The van der Waals surface area contributed by atoms with E-state index in [0.29, 0.717) is 13.0 Å². The minimum Gasteiger partial charge on any atom is -0.497 e. The van der Waals surface area contributed by atoms with E-state index in [-0.39, 0.29) is 5.91 Å². The molecule has 0 aromatic heterocycles. The molecule has 0 saturated heterocycles. The Morgan fingerprint density at radius 1 is 1.17 bits per heavy atom. The number of rotatable bonds is 8. The second-order valence-electron chi connectivity index (χ2n) is 5.79. The highest BCUT2D eigenvalue weighted by atomic mass is 16.5. The molecule has 1 amide bonds.